The van der Waals surface area contributed by atoms with Crippen molar-refractivity contribution in [3.8, 4) is 5.75 Å². The molecule has 0 unspecified atom stereocenters. The van der Waals surface area contributed by atoms with Gasteiger partial charge in [0.25, 0.3) is 5.91 Å². The molecule has 1 aliphatic heterocycles. The predicted octanol–water partition coefficient (Wildman–Crippen LogP) is 4.78. The summed E-state index contributed by atoms with van der Waals surface area (Å²) in [6, 6.07) is 15.7. The van der Waals surface area contributed by atoms with Crippen molar-refractivity contribution in [2.24, 2.45) is 4.99 Å². The van der Waals surface area contributed by atoms with Crippen LogP contribution in [0, 0.1) is 0 Å². The Bertz CT molecular complexity index is 887. The maximum atomic E-state index is 12.8. The lowest BCUT2D eigenvalue weighted by molar-refractivity contribution is -0.122. The first-order valence-electron chi connectivity index (χ1n) is 9.32. The minimum atomic E-state index is -0.00567. The summed E-state index contributed by atoms with van der Waals surface area (Å²) in [5.41, 5.74) is 2.93. The van der Waals surface area contributed by atoms with E-state index in [0.717, 1.165) is 22.7 Å². The van der Waals surface area contributed by atoms with E-state index in [9.17, 15) is 4.79 Å². The number of amidine groups is 1. The van der Waals surface area contributed by atoms with E-state index < -0.39 is 0 Å². The van der Waals surface area contributed by atoms with Crippen molar-refractivity contribution in [3.05, 3.63) is 59.0 Å². The molecule has 0 aromatic heterocycles. The molecule has 28 heavy (non-hydrogen) atoms. The lowest BCUT2D eigenvalue weighted by Gasteiger charge is -2.12. The summed E-state index contributed by atoms with van der Waals surface area (Å²) in [7, 11) is 4.01. The van der Waals surface area contributed by atoms with Crippen LogP contribution in [0.5, 0.6) is 5.75 Å². The van der Waals surface area contributed by atoms with Gasteiger partial charge >= 0.3 is 0 Å². The Morgan fingerprint density at radius 2 is 1.75 bits per heavy atom. The van der Waals surface area contributed by atoms with Crippen LogP contribution in [0.4, 0.5) is 11.4 Å². The molecule has 3 rings (SSSR count). The van der Waals surface area contributed by atoms with Crippen LogP contribution < -0.4 is 9.64 Å². The summed E-state index contributed by atoms with van der Waals surface area (Å²) in [6.07, 6.45) is 1.93. The van der Waals surface area contributed by atoms with E-state index in [-0.39, 0.29) is 5.91 Å². The van der Waals surface area contributed by atoms with Crippen LogP contribution in [0.1, 0.15) is 19.4 Å². The topological polar surface area (TPSA) is 45.1 Å². The first kappa shape index (κ1) is 20.0. The van der Waals surface area contributed by atoms with Gasteiger partial charge in [-0.2, -0.15) is 0 Å². The molecule has 0 saturated carbocycles. The zero-order valence-corrected chi connectivity index (χ0v) is 17.5. The lowest BCUT2D eigenvalue weighted by Crippen LogP contribution is -2.28. The standard InChI is InChI=1S/C22H25N3O2S/c1-5-25-21(26)20(15-16-7-11-18(12-8-16)24(3)4)28-22(25)23-17-9-13-19(14-10-17)27-6-2/h7-15H,5-6H2,1-4H3/b20-15-,23-22?. The summed E-state index contributed by atoms with van der Waals surface area (Å²) in [5, 5.41) is 0.702. The third kappa shape index (κ3) is 4.57. The average Bonchev–Trinajstić information content (AvgIpc) is 2.98. The van der Waals surface area contributed by atoms with Gasteiger partial charge in [-0.1, -0.05) is 12.1 Å². The van der Waals surface area contributed by atoms with Crippen molar-refractivity contribution >= 4 is 40.3 Å². The molecule has 2 aromatic rings. The van der Waals surface area contributed by atoms with E-state index in [1.165, 1.54) is 11.8 Å². The van der Waals surface area contributed by atoms with E-state index in [1.54, 1.807) is 4.90 Å². The minimum Gasteiger partial charge on any atom is -0.494 e. The first-order chi connectivity index (χ1) is 13.5. The monoisotopic (exact) mass is 395 g/mol. The van der Waals surface area contributed by atoms with Crippen molar-refractivity contribution in [2.75, 3.05) is 32.1 Å². The molecule has 2 aromatic carbocycles. The number of benzene rings is 2. The zero-order valence-electron chi connectivity index (χ0n) is 16.7. The maximum absolute atomic E-state index is 12.8. The minimum absolute atomic E-state index is 0.00567. The summed E-state index contributed by atoms with van der Waals surface area (Å²) >= 11 is 1.41. The van der Waals surface area contributed by atoms with Crippen LogP contribution in [-0.2, 0) is 4.79 Å². The van der Waals surface area contributed by atoms with Crippen LogP contribution in [0.2, 0.25) is 0 Å². The summed E-state index contributed by atoms with van der Waals surface area (Å²) < 4.78 is 5.47. The molecule has 0 radical (unpaired) electrons. The van der Waals surface area contributed by atoms with E-state index in [1.807, 2.05) is 87.4 Å². The molecule has 0 N–H and O–H groups in total. The largest absolute Gasteiger partial charge is 0.494 e. The molecule has 6 heteroatoms. The maximum Gasteiger partial charge on any atom is 0.266 e. The van der Waals surface area contributed by atoms with Crippen LogP contribution in [-0.4, -0.2) is 43.2 Å². The molecule has 1 fully saturated rings. The number of anilines is 1. The Morgan fingerprint density at radius 3 is 2.32 bits per heavy atom. The quantitative estimate of drug-likeness (QED) is 0.661. The number of thioether (sulfide) groups is 1. The molecular formula is C22H25N3O2S. The van der Waals surface area contributed by atoms with Crippen molar-refractivity contribution in [1.82, 2.24) is 4.90 Å². The van der Waals surface area contributed by atoms with E-state index >= 15 is 0 Å². The molecule has 146 valence electrons. The molecule has 1 heterocycles. The number of ether oxygens (including phenoxy) is 1. The van der Waals surface area contributed by atoms with Gasteiger partial charge in [-0.25, -0.2) is 4.99 Å². The molecule has 0 aliphatic carbocycles. The van der Waals surface area contributed by atoms with Gasteiger partial charge in [-0.05, 0) is 73.6 Å². The Kier molecular flexibility index (Phi) is 6.41. The van der Waals surface area contributed by atoms with E-state index in [0.29, 0.717) is 23.2 Å². The summed E-state index contributed by atoms with van der Waals surface area (Å²) in [5.74, 6) is 0.810. The number of carbonyl (C=O) groups excluding carboxylic acids is 1. The van der Waals surface area contributed by atoms with Gasteiger partial charge in [-0.3, -0.25) is 9.69 Å². The number of carbonyl (C=O) groups is 1. The number of aliphatic imine (C=N–C) groups is 1. The second-order valence-electron chi connectivity index (χ2n) is 6.47. The highest BCUT2D eigenvalue weighted by atomic mass is 32.2. The van der Waals surface area contributed by atoms with Gasteiger partial charge in [0.2, 0.25) is 0 Å². The lowest BCUT2D eigenvalue weighted by atomic mass is 10.2. The number of rotatable bonds is 6. The van der Waals surface area contributed by atoms with Gasteiger partial charge in [-0.15, -0.1) is 0 Å². The Labute approximate surface area is 170 Å². The van der Waals surface area contributed by atoms with Gasteiger partial charge in [0.05, 0.1) is 17.2 Å². The van der Waals surface area contributed by atoms with Crippen LogP contribution in [0.3, 0.4) is 0 Å². The number of amides is 1. The Balaban J connectivity index is 1.83. The fourth-order valence-electron chi connectivity index (χ4n) is 2.78. The van der Waals surface area contributed by atoms with Crippen LogP contribution in [0.25, 0.3) is 6.08 Å². The van der Waals surface area contributed by atoms with Crippen molar-refractivity contribution in [3.63, 3.8) is 0 Å². The van der Waals surface area contributed by atoms with E-state index in [2.05, 4.69) is 4.99 Å². The van der Waals surface area contributed by atoms with Gasteiger partial charge < -0.3 is 9.64 Å². The second-order valence-corrected chi connectivity index (χ2v) is 7.48. The molecule has 0 bridgehead atoms. The number of nitrogens with zero attached hydrogens (tertiary/aromatic N) is 3. The van der Waals surface area contributed by atoms with Crippen molar-refractivity contribution in [2.45, 2.75) is 13.8 Å². The predicted molar refractivity (Wildman–Crippen MR) is 118 cm³/mol. The fraction of sp³-hybridized carbons (Fsp3) is 0.273. The highest BCUT2D eigenvalue weighted by Crippen LogP contribution is 2.34. The number of hydrogen-bond donors (Lipinski definition) is 0. The van der Waals surface area contributed by atoms with E-state index in [4.69, 9.17) is 4.74 Å². The van der Waals surface area contributed by atoms with Crippen LogP contribution >= 0.6 is 11.8 Å². The van der Waals surface area contributed by atoms with Crippen molar-refractivity contribution < 1.29 is 9.53 Å². The van der Waals surface area contributed by atoms with Gasteiger partial charge in [0.15, 0.2) is 5.17 Å². The third-order valence-electron chi connectivity index (χ3n) is 4.28. The molecule has 1 amide bonds. The zero-order chi connectivity index (χ0) is 20.1. The van der Waals surface area contributed by atoms with Crippen molar-refractivity contribution in [1.29, 1.82) is 0 Å². The highest BCUT2D eigenvalue weighted by molar-refractivity contribution is 8.18. The Morgan fingerprint density at radius 1 is 1.07 bits per heavy atom. The molecule has 1 aliphatic rings. The average molecular weight is 396 g/mol. The Hall–Kier alpha value is -2.73. The summed E-state index contributed by atoms with van der Waals surface area (Å²) in [6.45, 7) is 5.13. The normalized spacial score (nSPS) is 16.9. The third-order valence-corrected chi connectivity index (χ3v) is 5.29. The molecule has 0 atom stereocenters. The fourth-order valence-corrected chi connectivity index (χ4v) is 3.85. The second kappa shape index (κ2) is 8.97. The van der Waals surface area contributed by atoms with Gasteiger partial charge in [0, 0.05) is 26.3 Å². The first-order valence-corrected chi connectivity index (χ1v) is 10.1. The number of likely N-dealkylation sites (N-methyl/N-ethyl adjacent to an activating group) is 1. The highest BCUT2D eigenvalue weighted by Gasteiger charge is 2.32. The smallest absolute Gasteiger partial charge is 0.266 e. The van der Waals surface area contributed by atoms with Gasteiger partial charge in [0.1, 0.15) is 5.75 Å². The molecule has 1 saturated heterocycles. The SMILES string of the molecule is CCOc1ccc(N=C2S/C(=C\c3ccc(N(C)C)cc3)C(=O)N2CC)cc1. The summed E-state index contributed by atoms with van der Waals surface area (Å²) in [4.78, 5) is 21.9. The van der Waals surface area contributed by atoms with Crippen LogP contribution in [0.15, 0.2) is 58.4 Å². The molecular weight excluding hydrogens is 370 g/mol. The molecule has 0 spiro atoms. The molecule has 5 nitrogen and oxygen atoms in total. The number of hydrogen-bond acceptors (Lipinski definition) is 5.